The number of aryl methyl sites for hydroxylation is 3. The summed E-state index contributed by atoms with van der Waals surface area (Å²) < 4.78 is 1.96. The van der Waals surface area contributed by atoms with Gasteiger partial charge in [-0.1, -0.05) is 24.6 Å². The average molecular weight is 293 g/mol. The highest BCUT2D eigenvalue weighted by atomic mass is 35.5. The summed E-state index contributed by atoms with van der Waals surface area (Å²) in [5, 5.41) is 15.6. The van der Waals surface area contributed by atoms with Gasteiger partial charge in [-0.25, -0.2) is 0 Å². The molecule has 20 heavy (non-hydrogen) atoms. The molecule has 2 aromatic rings. The molecule has 1 aromatic heterocycles. The molecule has 0 bridgehead atoms. The minimum atomic E-state index is -0.556. The van der Waals surface area contributed by atoms with E-state index < -0.39 is 6.10 Å². The van der Waals surface area contributed by atoms with Crippen molar-refractivity contribution in [2.24, 2.45) is 0 Å². The number of halogens is 1. The van der Waals surface area contributed by atoms with E-state index in [0.717, 1.165) is 35.5 Å². The van der Waals surface area contributed by atoms with Crippen LogP contribution in [0.2, 0.25) is 5.02 Å². The predicted octanol–water partition coefficient (Wildman–Crippen LogP) is 3.70. The molecule has 0 fully saturated rings. The van der Waals surface area contributed by atoms with Crippen molar-refractivity contribution in [1.82, 2.24) is 9.78 Å². The summed E-state index contributed by atoms with van der Waals surface area (Å²) in [5.41, 5.74) is 4.05. The Morgan fingerprint density at radius 3 is 2.60 bits per heavy atom. The largest absolute Gasteiger partial charge is 0.388 e. The van der Waals surface area contributed by atoms with Gasteiger partial charge in [-0.3, -0.25) is 4.68 Å². The third-order valence-corrected chi connectivity index (χ3v) is 3.65. The molecule has 1 heterocycles. The molecule has 4 heteroatoms. The van der Waals surface area contributed by atoms with Crippen LogP contribution in [0.15, 0.2) is 24.3 Å². The lowest BCUT2D eigenvalue weighted by Crippen LogP contribution is -2.08. The van der Waals surface area contributed by atoms with Crippen LogP contribution in [0.5, 0.6) is 0 Å². The number of hydrogen-bond acceptors (Lipinski definition) is 2. The maximum absolute atomic E-state index is 10.4. The van der Waals surface area contributed by atoms with E-state index in [1.165, 1.54) is 0 Å². The Balaban J connectivity index is 2.22. The normalized spacial score (nSPS) is 12.7. The fraction of sp³-hybridized carbons (Fsp3) is 0.438. The molecule has 0 spiro atoms. The van der Waals surface area contributed by atoms with Gasteiger partial charge < -0.3 is 5.11 Å². The molecule has 3 nitrogen and oxygen atoms in total. The van der Waals surface area contributed by atoms with E-state index in [2.05, 4.69) is 25.0 Å². The predicted molar refractivity (Wildman–Crippen MR) is 82.1 cm³/mol. The van der Waals surface area contributed by atoms with Crippen LogP contribution >= 0.6 is 11.6 Å². The van der Waals surface area contributed by atoms with Gasteiger partial charge in [-0.2, -0.15) is 5.10 Å². The van der Waals surface area contributed by atoms with Crippen LogP contribution in [-0.4, -0.2) is 14.9 Å². The Labute approximate surface area is 125 Å². The minimum Gasteiger partial charge on any atom is -0.388 e. The van der Waals surface area contributed by atoms with Gasteiger partial charge in [0.15, 0.2) is 0 Å². The number of rotatable bonds is 5. The van der Waals surface area contributed by atoms with Crippen molar-refractivity contribution in [2.45, 2.75) is 46.3 Å². The Morgan fingerprint density at radius 2 is 2.00 bits per heavy atom. The summed E-state index contributed by atoms with van der Waals surface area (Å²) in [5.74, 6) is 0. The summed E-state index contributed by atoms with van der Waals surface area (Å²) in [6.45, 7) is 6.94. The smallest absolute Gasteiger partial charge is 0.0845 e. The van der Waals surface area contributed by atoms with E-state index in [9.17, 15) is 5.11 Å². The van der Waals surface area contributed by atoms with Gasteiger partial charge in [0.1, 0.15) is 0 Å². The number of benzene rings is 1. The molecule has 108 valence electrons. The summed E-state index contributed by atoms with van der Waals surface area (Å²) >= 11 is 6.05. The van der Waals surface area contributed by atoms with Crippen molar-refractivity contribution in [3.8, 4) is 0 Å². The number of aliphatic hydroxyl groups is 1. The highest BCUT2D eigenvalue weighted by Gasteiger charge is 2.14. The molecule has 0 aliphatic carbocycles. The number of aliphatic hydroxyl groups excluding tert-OH is 1. The van der Waals surface area contributed by atoms with E-state index >= 15 is 0 Å². The van der Waals surface area contributed by atoms with Crippen molar-refractivity contribution in [1.29, 1.82) is 0 Å². The molecule has 1 N–H and O–H groups in total. The zero-order valence-electron chi connectivity index (χ0n) is 12.2. The number of aromatic nitrogens is 2. The fourth-order valence-electron chi connectivity index (χ4n) is 2.40. The first kappa shape index (κ1) is 15.1. The van der Waals surface area contributed by atoms with Gasteiger partial charge in [0, 0.05) is 23.7 Å². The highest BCUT2D eigenvalue weighted by Crippen LogP contribution is 2.23. The summed E-state index contributed by atoms with van der Waals surface area (Å²) in [7, 11) is 0. The number of hydrogen-bond donors (Lipinski definition) is 1. The van der Waals surface area contributed by atoms with E-state index in [4.69, 9.17) is 11.6 Å². The molecule has 0 aliphatic heterocycles. The SMILES string of the molecule is CCc1cc(CC(O)c2cc(C)cc(Cl)c2)n(CC)n1. The molecule has 0 aliphatic rings. The second-order valence-corrected chi connectivity index (χ2v) is 5.51. The van der Waals surface area contributed by atoms with Crippen LogP contribution in [0.4, 0.5) is 0 Å². The monoisotopic (exact) mass is 292 g/mol. The van der Waals surface area contributed by atoms with Crippen molar-refractivity contribution in [3.05, 3.63) is 51.8 Å². The van der Waals surface area contributed by atoms with Crippen LogP contribution in [-0.2, 0) is 19.4 Å². The van der Waals surface area contributed by atoms with Gasteiger partial charge in [0.25, 0.3) is 0 Å². The summed E-state index contributed by atoms with van der Waals surface area (Å²) in [6.07, 6.45) is 0.909. The summed E-state index contributed by atoms with van der Waals surface area (Å²) in [4.78, 5) is 0. The van der Waals surface area contributed by atoms with Crippen molar-refractivity contribution >= 4 is 11.6 Å². The molecular weight excluding hydrogens is 272 g/mol. The van der Waals surface area contributed by atoms with Crippen LogP contribution in [0.25, 0.3) is 0 Å². The van der Waals surface area contributed by atoms with E-state index in [1.807, 2.05) is 29.8 Å². The molecular formula is C16H21ClN2O. The lowest BCUT2D eigenvalue weighted by molar-refractivity contribution is 0.175. The Bertz CT molecular complexity index is 572. The molecule has 0 radical (unpaired) electrons. The molecule has 0 amide bonds. The molecule has 1 unspecified atom stereocenters. The zero-order valence-corrected chi connectivity index (χ0v) is 13.0. The van der Waals surface area contributed by atoms with Gasteiger partial charge in [0.05, 0.1) is 11.8 Å². The van der Waals surface area contributed by atoms with E-state index in [1.54, 1.807) is 0 Å². The highest BCUT2D eigenvalue weighted by molar-refractivity contribution is 6.30. The average Bonchev–Trinajstić information content (AvgIpc) is 2.79. The van der Waals surface area contributed by atoms with Gasteiger partial charge in [0.2, 0.25) is 0 Å². The first-order valence-corrected chi connectivity index (χ1v) is 7.42. The van der Waals surface area contributed by atoms with Gasteiger partial charge in [-0.05, 0) is 49.6 Å². The summed E-state index contributed by atoms with van der Waals surface area (Å²) in [6, 6.07) is 7.77. The van der Waals surface area contributed by atoms with Crippen molar-refractivity contribution in [3.63, 3.8) is 0 Å². The quantitative estimate of drug-likeness (QED) is 0.912. The molecule has 1 atom stereocenters. The van der Waals surface area contributed by atoms with Crippen molar-refractivity contribution < 1.29 is 5.11 Å². The lowest BCUT2D eigenvalue weighted by atomic mass is 10.0. The molecule has 1 aromatic carbocycles. The maximum Gasteiger partial charge on any atom is 0.0845 e. The second-order valence-electron chi connectivity index (χ2n) is 5.08. The number of nitrogens with zero attached hydrogens (tertiary/aromatic N) is 2. The first-order chi connectivity index (χ1) is 9.53. The molecule has 0 saturated carbocycles. The second kappa shape index (κ2) is 6.42. The van der Waals surface area contributed by atoms with Crippen LogP contribution in [0.1, 0.15) is 42.5 Å². The third kappa shape index (κ3) is 3.41. The Morgan fingerprint density at radius 1 is 1.25 bits per heavy atom. The van der Waals surface area contributed by atoms with E-state index in [0.29, 0.717) is 11.4 Å². The Kier molecular flexibility index (Phi) is 4.84. The van der Waals surface area contributed by atoms with Crippen molar-refractivity contribution in [2.75, 3.05) is 0 Å². The van der Waals surface area contributed by atoms with Crippen LogP contribution in [0, 0.1) is 6.92 Å². The van der Waals surface area contributed by atoms with Gasteiger partial charge in [-0.15, -0.1) is 0 Å². The van der Waals surface area contributed by atoms with Crippen LogP contribution in [0.3, 0.4) is 0 Å². The molecule has 2 rings (SSSR count). The van der Waals surface area contributed by atoms with Gasteiger partial charge >= 0.3 is 0 Å². The molecule has 0 saturated heterocycles. The minimum absolute atomic E-state index is 0.556. The fourth-order valence-corrected chi connectivity index (χ4v) is 2.70. The standard InChI is InChI=1S/C16H21ClN2O/c1-4-14-9-15(19(5-2)18-14)10-16(20)12-6-11(3)7-13(17)8-12/h6-9,16,20H,4-5,10H2,1-3H3. The first-order valence-electron chi connectivity index (χ1n) is 7.04. The maximum atomic E-state index is 10.4. The lowest BCUT2D eigenvalue weighted by Gasteiger charge is -2.13. The Hall–Kier alpha value is -1.32. The topological polar surface area (TPSA) is 38.0 Å². The van der Waals surface area contributed by atoms with E-state index in [-0.39, 0.29) is 0 Å². The third-order valence-electron chi connectivity index (χ3n) is 3.43. The van der Waals surface area contributed by atoms with Crippen LogP contribution < -0.4 is 0 Å². The zero-order chi connectivity index (χ0) is 14.7.